The van der Waals surface area contributed by atoms with Crippen LogP contribution in [0.4, 0.5) is 0 Å². The molecule has 1 aromatic carbocycles. The second-order valence-corrected chi connectivity index (χ2v) is 11.5. The number of benzene rings is 1. The molecule has 2 rings (SSSR count). The molecule has 1 aromatic rings. The monoisotopic (exact) mass is 467 g/mol. The van der Waals surface area contributed by atoms with Gasteiger partial charge in [0.05, 0.1) is 4.90 Å². The maximum absolute atomic E-state index is 13.4. The zero-order valence-corrected chi connectivity index (χ0v) is 21.0. The van der Waals surface area contributed by atoms with Gasteiger partial charge in [-0.2, -0.15) is 4.31 Å². The van der Waals surface area contributed by atoms with E-state index in [1.54, 1.807) is 39.8 Å². The Labute approximate surface area is 192 Å². The van der Waals surface area contributed by atoms with Crippen LogP contribution in [0.2, 0.25) is 0 Å². The molecule has 8 nitrogen and oxygen atoms in total. The summed E-state index contributed by atoms with van der Waals surface area (Å²) in [7, 11) is 0.0937. The number of ether oxygens (including phenoxy) is 1. The number of nitrogens with zero attached hydrogens (tertiary/aromatic N) is 3. The van der Waals surface area contributed by atoms with E-state index in [9.17, 15) is 18.0 Å². The van der Waals surface area contributed by atoms with Crippen molar-refractivity contribution in [2.45, 2.75) is 57.5 Å². The van der Waals surface area contributed by atoms with Crippen molar-refractivity contribution in [3.63, 3.8) is 0 Å². The average molecular weight is 468 g/mol. The molecule has 1 fully saturated rings. The third-order valence-corrected chi connectivity index (χ3v) is 7.13. The van der Waals surface area contributed by atoms with Gasteiger partial charge in [-0.05, 0) is 72.3 Å². The van der Waals surface area contributed by atoms with Crippen molar-refractivity contribution in [1.29, 1.82) is 0 Å². The summed E-state index contributed by atoms with van der Waals surface area (Å²) in [5.74, 6) is -0.884. The lowest BCUT2D eigenvalue weighted by atomic mass is 10.1. The van der Waals surface area contributed by atoms with E-state index in [0.717, 1.165) is 19.3 Å². The van der Waals surface area contributed by atoms with E-state index in [-0.39, 0.29) is 22.9 Å². The molecule has 0 radical (unpaired) electrons. The number of sulfonamides is 1. The molecule has 1 saturated heterocycles. The fourth-order valence-electron chi connectivity index (χ4n) is 3.52. The number of carbonyl (C=O) groups is 2. The minimum atomic E-state index is -3.67. The maximum Gasteiger partial charge on any atom is 0.326 e. The largest absolute Gasteiger partial charge is 0.459 e. The molecule has 9 heteroatoms. The lowest BCUT2D eigenvalue weighted by Gasteiger charge is -2.28. The maximum atomic E-state index is 13.4. The topological polar surface area (TPSA) is 87.2 Å². The van der Waals surface area contributed by atoms with Crippen molar-refractivity contribution in [3.05, 3.63) is 29.3 Å². The highest BCUT2D eigenvalue weighted by Crippen LogP contribution is 2.24. The molecule has 1 amide bonds. The molecule has 180 valence electrons. The van der Waals surface area contributed by atoms with E-state index in [4.69, 9.17) is 4.74 Å². The number of aryl methyl sites for hydroxylation is 1. The first-order valence-corrected chi connectivity index (χ1v) is 12.5. The van der Waals surface area contributed by atoms with Gasteiger partial charge in [-0.1, -0.05) is 12.5 Å². The van der Waals surface area contributed by atoms with Crippen LogP contribution >= 0.6 is 0 Å². The zero-order valence-electron chi connectivity index (χ0n) is 20.2. The van der Waals surface area contributed by atoms with Crippen LogP contribution in [-0.2, 0) is 19.6 Å². The standard InChI is InChI=1S/C23H37N3O5S/c1-18-10-11-19(32(29,30)26-12-8-7-9-13-26)16-20(18)22(28)25(15-14-24(5)6)17-21(27)31-23(2,3)4/h10-11,16H,7-9,12-15,17H2,1-6H3. The molecule has 0 saturated carbocycles. The number of amides is 1. The molecule has 0 aromatic heterocycles. The summed E-state index contributed by atoms with van der Waals surface area (Å²) < 4.78 is 33.1. The Morgan fingerprint density at radius 3 is 2.25 bits per heavy atom. The van der Waals surface area contributed by atoms with Crippen LogP contribution in [0.3, 0.4) is 0 Å². The van der Waals surface area contributed by atoms with Gasteiger partial charge in [0.15, 0.2) is 0 Å². The second-order valence-electron chi connectivity index (χ2n) is 9.56. The number of rotatable bonds is 8. The Bertz CT molecular complexity index is 916. The van der Waals surface area contributed by atoms with Gasteiger partial charge in [0.25, 0.3) is 5.91 Å². The fourth-order valence-corrected chi connectivity index (χ4v) is 5.06. The summed E-state index contributed by atoms with van der Waals surface area (Å²) in [5.41, 5.74) is 0.281. The number of likely N-dealkylation sites (N-methyl/N-ethyl adjacent to an activating group) is 1. The average Bonchev–Trinajstić information content (AvgIpc) is 2.70. The summed E-state index contributed by atoms with van der Waals surface area (Å²) in [6, 6.07) is 4.65. The van der Waals surface area contributed by atoms with E-state index in [1.165, 1.54) is 15.3 Å². The highest BCUT2D eigenvalue weighted by molar-refractivity contribution is 7.89. The van der Waals surface area contributed by atoms with Gasteiger partial charge < -0.3 is 14.5 Å². The number of esters is 1. The Balaban J connectivity index is 2.33. The molecular weight excluding hydrogens is 430 g/mol. The highest BCUT2D eigenvalue weighted by Gasteiger charge is 2.29. The predicted molar refractivity (Wildman–Crippen MR) is 124 cm³/mol. The highest BCUT2D eigenvalue weighted by atomic mass is 32.2. The minimum Gasteiger partial charge on any atom is -0.459 e. The summed E-state index contributed by atoms with van der Waals surface area (Å²) in [5, 5.41) is 0. The zero-order chi connectivity index (χ0) is 24.1. The van der Waals surface area contributed by atoms with Crippen molar-refractivity contribution < 1.29 is 22.7 Å². The molecule has 0 atom stereocenters. The van der Waals surface area contributed by atoms with E-state index in [1.807, 2.05) is 19.0 Å². The Kier molecular flexibility index (Phi) is 8.84. The van der Waals surface area contributed by atoms with Crippen LogP contribution in [0.5, 0.6) is 0 Å². The SMILES string of the molecule is Cc1ccc(S(=O)(=O)N2CCCCC2)cc1C(=O)N(CCN(C)C)CC(=O)OC(C)(C)C. The molecule has 0 bridgehead atoms. The van der Waals surface area contributed by atoms with E-state index >= 15 is 0 Å². The number of carbonyl (C=O) groups excluding carboxylic acids is 2. The molecule has 1 aliphatic heterocycles. The first-order chi connectivity index (χ1) is 14.8. The van der Waals surface area contributed by atoms with Gasteiger partial charge >= 0.3 is 5.97 Å². The van der Waals surface area contributed by atoms with Gasteiger partial charge in [-0.15, -0.1) is 0 Å². The molecule has 0 N–H and O–H groups in total. The second kappa shape index (κ2) is 10.8. The van der Waals surface area contributed by atoms with Crippen LogP contribution in [-0.4, -0.2) is 86.8 Å². The Hall–Kier alpha value is -1.97. The van der Waals surface area contributed by atoms with Crippen molar-refractivity contribution in [3.8, 4) is 0 Å². The third-order valence-electron chi connectivity index (χ3n) is 5.24. The van der Waals surface area contributed by atoms with Crippen LogP contribution in [0.25, 0.3) is 0 Å². The summed E-state index contributed by atoms with van der Waals surface area (Å²) in [6.07, 6.45) is 2.70. The van der Waals surface area contributed by atoms with Crippen molar-refractivity contribution in [1.82, 2.24) is 14.1 Å². The summed E-state index contributed by atoms with van der Waals surface area (Å²) in [4.78, 5) is 29.3. The van der Waals surface area contributed by atoms with Crippen LogP contribution in [0.15, 0.2) is 23.1 Å². The molecule has 0 unspecified atom stereocenters. The number of hydrogen-bond donors (Lipinski definition) is 0. The number of piperidine rings is 1. The molecule has 32 heavy (non-hydrogen) atoms. The smallest absolute Gasteiger partial charge is 0.326 e. The first-order valence-electron chi connectivity index (χ1n) is 11.1. The quantitative estimate of drug-likeness (QED) is 0.546. The molecule has 1 aliphatic rings. The lowest BCUT2D eigenvalue weighted by molar-refractivity contribution is -0.155. The van der Waals surface area contributed by atoms with Crippen LogP contribution in [0.1, 0.15) is 56.0 Å². The van der Waals surface area contributed by atoms with Crippen molar-refractivity contribution >= 4 is 21.9 Å². The van der Waals surface area contributed by atoms with E-state index < -0.39 is 21.6 Å². The predicted octanol–water partition coefficient (Wildman–Crippen LogP) is 2.52. The van der Waals surface area contributed by atoms with Gasteiger partial charge in [-0.3, -0.25) is 9.59 Å². The van der Waals surface area contributed by atoms with Gasteiger partial charge in [0.1, 0.15) is 12.1 Å². The van der Waals surface area contributed by atoms with Crippen molar-refractivity contribution in [2.24, 2.45) is 0 Å². The van der Waals surface area contributed by atoms with Gasteiger partial charge in [0.2, 0.25) is 10.0 Å². The molecule has 0 spiro atoms. The van der Waals surface area contributed by atoms with Gasteiger partial charge in [-0.25, -0.2) is 8.42 Å². The Morgan fingerprint density at radius 1 is 1.06 bits per heavy atom. The number of hydrogen-bond acceptors (Lipinski definition) is 6. The van der Waals surface area contributed by atoms with E-state index in [2.05, 4.69) is 0 Å². The lowest BCUT2D eigenvalue weighted by Crippen LogP contribution is -2.42. The van der Waals surface area contributed by atoms with Crippen LogP contribution < -0.4 is 0 Å². The minimum absolute atomic E-state index is 0.109. The molecule has 1 heterocycles. The van der Waals surface area contributed by atoms with Crippen molar-refractivity contribution in [2.75, 3.05) is 46.8 Å². The van der Waals surface area contributed by atoms with E-state index in [0.29, 0.717) is 31.7 Å². The summed E-state index contributed by atoms with van der Waals surface area (Å²) >= 11 is 0. The first kappa shape index (κ1) is 26.3. The molecule has 0 aliphatic carbocycles. The third kappa shape index (κ3) is 7.28. The Morgan fingerprint density at radius 2 is 1.69 bits per heavy atom. The van der Waals surface area contributed by atoms with Gasteiger partial charge in [0, 0.05) is 31.7 Å². The summed E-state index contributed by atoms with van der Waals surface area (Å²) in [6.45, 7) is 8.74. The molecular formula is C23H37N3O5S. The van der Waals surface area contributed by atoms with Crippen LogP contribution in [0, 0.1) is 6.92 Å². The normalized spacial score (nSPS) is 15.6. The fraction of sp³-hybridized carbons (Fsp3) is 0.652.